The van der Waals surface area contributed by atoms with Crippen LogP contribution in [0.2, 0.25) is 0 Å². The molecule has 3 unspecified atom stereocenters. The van der Waals surface area contributed by atoms with Crippen LogP contribution in [0, 0.1) is 17.8 Å². The van der Waals surface area contributed by atoms with E-state index in [1.54, 1.807) is 12.2 Å². The van der Waals surface area contributed by atoms with E-state index in [-0.39, 0.29) is 11.8 Å². The van der Waals surface area contributed by atoms with Gasteiger partial charge in [0.25, 0.3) is 0 Å². The Bertz CT molecular complexity index is 322. The topological polar surface area (TPSA) is 20.3 Å². The number of rotatable bonds is 5. The zero-order valence-corrected chi connectivity index (χ0v) is 9.64. The van der Waals surface area contributed by atoms with Crippen LogP contribution in [-0.4, -0.2) is 23.9 Å². The van der Waals surface area contributed by atoms with Crippen LogP contribution < -0.4 is 0 Å². The molecule has 0 aromatic heterocycles. The molecule has 2 bridgehead atoms. The van der Waals surface area contributed by atoms with Crippen LogP contribution in [0.3, 0.4) is 0 Å². The first-order valence-electron chi connectivity index (χ1n) is 5.95. The van der Waals surface area contributed by atoms with Crippen molar-refractivity contribution in [2.24, 2.45) is 17.8 Å². The Morgan fingerprint density at radius 1 is 1.25 bits per heavy atom. The molecule has 2 heteroatoms. The Morgan fingerprint density at radius 3 is 2.38 bits per heavy atom. The first-order valence-corrected chi connectivity index (χ1v) is 5.95. The Kier molecular flexibility index (Phi) is 3.28. The van der Waals surface area contributed by atoms with Gasteiger partial charge in [-0.3, -0.25) is 4.79 Å². The molecule has 0 heterocycles. The molecule has 2 aliphatic carbocycles. The van der Waals surface area contributed by atoms with Crippen molar-refractivity contribution in [1.29, 1.82) is 0 Å². The molecule has 0 radical (unpaired) electrons. The number of hydrogen-bond donors (Lipinski definition) is 0. The normalized spacial score (nSPS) is 30.4. The van der Waals surface area contributed by atoms with Gasteiger partial charge >= 0.3 is 0 Å². The summed E-state index contributed by atoms with van der Waals surface area (Å²) >= 11 is 0. The molecule has 3 atom stereocenters. The summed E-state index contributed by atoms with van der Waals surface area (Å²) in [4.78, 5) is 14.2. The van der Waals surface area contributed by atoms with E-state index in [0.717, 1.165) is 6.42 Å². The summed E-state index contributed by atoms with van der Waals surface area (Å²) in [5.74, 6) is 1.61. The first kappa shape index (κ1) is 11.2. The van der Waals surface area contributed by atoms with E-state index in [4.69, 9.17) is 0 Å². The lowest BCUT2D eigenvalue weighted by Crippen LogP contribution is -2.37. The van der Waals surface area contributed by atoms with Gasteiger partial charge in [0.1, 0.15) is 0 Å². The molecule has 1 fully saturated rings. The summed E-state index contributed by atoms with van der Waals surface area (Å²) in [6.45, 7) is 8.65. The fourth-order valence-corrected chi connectivity index (χ4v) is 2.87. The third-order valence-electron chi connectivity index (χ3n) is 3.61. The summed E-state index contributed by atoms with van der Waals surface area (Å²) in [5.41, 5.74) is 0. The number of carbonyl (C=O) groups is 1. The third-order valence-corrected chi connectivity index (χ3v) is 3.61. The maximum Gasteiger partial charge on any atom is 0.226 e. The second-order valence-corrected chi connectivity index (χ2v) is 4.71. The fraction of sp³-hybridized carbons (Fsp3) is 0.500. The number of fused-ring (bicyclic) bond motifs is 2. The number of nitrogens with zero attached hydrogens (tertiary/aromatic N) is 1. The second kappa shape index (κ2) is 4.69. The van der Waals surface area contributed by atoms with E-state index in [0.29, 0.717) is 24.9 Å². The Labute approximate surface area is 97.3 Å². The number of carbonyl (C=O) groups excluding carboxylic acids is 1. The predicted molar refractivity (Wildman–Crippen MR) is 65.8 cm³/mol. The molecule has 0 spiro atoms. The highest BCUT2D eigenvalue weighted by Gasteiger charge is 2.40. The van der Waals surface area contributed by atoms with Gasteiger partial charge in [-0.2, -0.15) is 0 Å². The van der Waals surface area contributed by atoms with Gasteiger partial charge in [-0.05, 0) is 24.7 Å². The maximum absolute atomic E-state index is 12.3. The summed E-state index contributed by atoms with van der Waals surface area (Å²) in [5, 5.41) is 0. The smallest absolute Gasteiger partial charge is 0.226 e. The largest absolute Gasteiger partial charge is 0.335 e. The number of allylic oxidation sites excluding steroid dienone is 2. The van der Waals surface area contributed by atoms with E-state index in [1.807, 2.05) is 4.90 Å². The molecule has 1 amide bonds. The zero-order chi connectivity index (χ0) is 11.5. The molecule has 0 aromatic carbocycles. The van der Waals surface area contributed by atoms with Crippen molar-refractivity contribution in [3.05, 3.63) is 37.5 Å². The van der Waals surface area contributed by atoms with E-state index in [1.165, 1.54) is 6.42 Å². The highest BCUT2D eigenvalue weighted by atomic mass is 16.2. The summed E-state index contributed by atoms with van der Waals surface area (Å²) in [6.07, 6.45) is 10.3. The minimum Gasteiger partial charge on any atom is -0.335 e. The molecule has 0 N–H and O–H groups in total. The monoisotopic (exact) mass is 217 g/mol. The minimum atomic E-state index is 0.204. The van der Waals surface area contributed by atoms with Crippen molar-refractivity contribution in [2.75, 3.05) is 13.1 Å². The van der Waals surface area contributed by atoms with Crippen LogP contribution in [0.25, 0.3) is 0 Å². The molecule has 2 rings (SSSR count). The summed E-state index contributed by atoms with van der Waals surface area (Å²) in [7, 11) is 0. The predicted octanol–water partition coefficient (Wildman–Crippen LogP) is 2.40. The Morgan fingerprint density at radius 2 is 1.94 bits per heavy atom. The van der Waals surface area contributed by atoms with Crippen molar-refractivity contribution < 1.29 is 4.79 Å². The van der Waals surface area contributed by atoms with E-state index in [9.17, 15) is 4.79 Å². The SMILES string of the molecule is C=CCN(CC=C)C(=O)C1CC2C=CC1C2. The van der Waals surface area contributed by atoms with Gasteiger partial charge in [-0.25, -0.2) is 0 Å². The van der Waals surface area contributed by atoms with Gasteiger partial charge in [-0.1, -0.05) is 24.3 Å². The van der Waals surface area contributed by atoms with Crippen LogP contribution in [0.15, 0.2) is 37.5 Å². The van der Waals surface area contributed by atoms with Gasteiger partial charge < -0.3 is 4.90 Å². The first-order chi connectivity index (χ1) is 7.76. The van der Waals surface area contributed by atoms with Crippen LogP contribution in [0.4, 0.5) is 0 Å². The molecular formula is C14H19NO. The van der Waals surface area contributed by atoms with E-state index < -0.39 is 0 Å². The van der Waals surface area contributed by atoms with Crippen molar-refractivity contribution in [3.63, 3.8) is 0 Å². The lowest BCUT2D eigenvalue weighted by molar-refractivity contribution is -0.135. The molecule has 0 saturated heterocycles. The van der Waals surface area contributed by atoms with Crippen LogP contribution >= 0.6 is 0 Å². The number of hydrogen-bond acceptors (Lipinski definition) is 1. The molecule has 2 aliphatic rings. The standard InChI is InChI=1S/C14H19NO/c1-3-7-15(8-4-2)14(16)13-10-11-5-6-12(13)9-11/h3-6,11-13H,1-2,7-10H2. The third kappa shape index (κ3) is 1.97. The van der Waals surface area contributed by atoms with Crippen molar-refractivity contribution in [1.82, 2.24) is 4.90 Å². The minimum absolute atomic E-state index is 0.204. The highest BCUT2D eigenvalue weighted by molar-refractivity contribution is 5.80. The quantitative estimate of drug-likeness (QED) is 0.648. The van der Waals surface area contributed by atoms with Gasteiger partial charge in [0, 0.05) is 19.0 Å². The molecule has 86 valence electrons. The van der Waals surface area contributed by atoms with E-state index in [2.05, 4.69) is 25.3 Å². The van der Waals surface area contributed by atoms with Crippen molar-refractivity contribution >= 4 is 5.91 Å². The number of amides is 1. The van der Waals surface area contributed by atoms with Crippen LogP contribution in [-0.2, 0) is 4.79 Å². The Balaban J connectivity index is 2.02. The second-order valence-electron chi connectivity index (χ2n) is 4.71. The van der Waals surface area contributed by atoms with Gasteiger partial charge in [0.15, 0.2) is 0 Å². The van der Waals surface area contributed by atoms with Gasteiger partial charge in [-0.15, -0.1) is 13.2 Å². The Hall–Kier alpha value is -1.31. The molecule has 0 aliphatic heterocycles. The lowest BCUT2D eigenvalue weighted by Gasteiger charge is -2.26. The lowest BCUT2D eigenvalue weighted by atomic mass is 9.92. The molecule has 2 nitrogen and oxygen atoms in total. The van der Waals surface area contributed by atoms with Crippen molar-refractivity contribution in [2.45, 2.75) is 12.8 Å². The highest BCUT2D eigenvalue weighted by Crippen LogP contribution is 2.44. The molecule has 1 saturated carbocycles. The summed E-state index contributed by atoms with van der Waals surface area (Å²) in [6, 6.07) is 0. The molecule has 16 heavy (non-hydrogen) atoms. The van der Waals surface area contributed by atoms with Crippen LogP contribution in [0.1, 0.15) is 12.8 Å². The maximum atomic E-state index is 12.3. The van der Waals surface area contributed by atoms with Crippen LogP contribution in [0.5, 0.6) is 0 Å². The molecular weight excluding hydrogens is 198 g/mol. The average Bonchev–Trinajstić information content (AvgIpc) is 2.89. The van der Waals surface area contributed by atoms with Crippen molar-refractivity contribution in [3.8, 4) is 0 Å². The zero-order valence-electron chi connectivity index (χ0n) is 9.64. The molecule has 0 aromatic rings. The average molecular weight is 217 g/mol. The summed E-state index contributed by atoms with van der Waals surface area (Å²) < 4.78 is 0. The van der Waals surface area contributed by atoms with Gasteiger partial charge in [0.2, 0.25) is 5.91 Å². The van der Waals surface area contributed by atoms with Gasteiger partial charge in [0.05, 0.1) is 0 Å². The van der Waals surface area contributed by atoms with E-state index >= 15 is 0 Å². The fourth-order valence-electron chi connectivity index (χ4n) is 2.87.